The second-order valence-electron chi connectivity index (χ2n) is 5.60. The number of rotatable bonds is 3. The lowest BCUT2D eigenvalue weighted by Crippen LogP contribution is -1.96. The van der Waals surface area contributed by atoms with Gasteiger partial charge in [0.05, 0.1) is 11.8 Å². The Kier molecular flexibility index (Phi) is 3.75. The summed E-state index contributed by atoms with van der Waals surface area (Å²) in [5.41, 5.74) is 5.88. The summed E-state index contributed by atoms with van der Waals surface area (Å²) in [5.74, 6) is 1.05. The van der Waals surface area contributed by atoms with Crippen LogP contribution in [0.4, 0.5) is 0 Å². The maximum absolute atomic E-state index is 8.96. The first kappa shape index (κ1) is 15.0. The predicted molar refractivity (Wildman–Crippen MR) is 88.7 cm³/mol. The van der Waals surface area contributed by atoms with Gasteiger partial charge in [-0.1, -0.05) is 6.92 Å². The van der Waals surface area contributed by atoms with Crippen LogP contribution >= 0.6 is 0 Å². The number of aryl methyl sites for hydroxylation is 3. The minimum atomic E-state index is 0.460. The van der Waals surface area contributed by atoms with Gasteiger partial charge in [-0.15, -0.1) is 0 Å². The van der Waals surface area contributed by atoms with Crippen LogP contribution in [0.1, 0.15) is 34.9 Å². The lowest BCUT2D eigenvalue weighted by atomic mass is 10.0. The standard InChI is InChI=1S/C18H18N4O/c1-5-15-12(4)16-10(2)11(3)18(22-17(16)21-15)23-14-6-13(7-19)8-20-9-14/h6,8-9H,5H2,1-4H3,(H,21,22). The number of aromatic nitrogens is 3. The average Bonchev–Trinajstić information content (AvgIpc) is 2.88. The van der Waals surface area contributed by atoms with E-state index in [0.29, 0.717) is 17.2 Å². The fourth-order valence-corrected chi connectivity index (χ4v) is 2.80. The van der Waals surface area contributed by atoms with E-state index in [2.05, 4.69) is 41.8 Å². The van der Waals surface area contributed by atoms with E-state index in [1.165, 1.54) is 17.5 Å². The van der Waals surface area contributed by atoms with Gasteiger partial charge >= 0.3 is 0 Å². The van der Waals surface area contributed by atoms with Crippen LogP contribution in [0.2, 0.25) is 0 Å². The zero-order valence-corrected chi connectivity index (χ0v) is 13.7. The summed E-state index contributed by atoms with van der Waals surface area (Å²) < 4.78 is 5.88. The molecule has 0 unspecified atom stereocenters. The Hall–Kier alpha value is -2.87. The Labute approximate surface area is 135 Å². The van der Waals surface area contributed by atoms with Crippen LogP contribution < -0.4 is 4.74 Å². The number of nitriles is 1. The lowest BCUT2D eigenvalue weighted by molar-refractivity contribution is 0.458. The van der Waals surface area contributed by atoms with Crippen molar-refractivity contribution in [1.29, 1.82) is 5.26 Å². The lowest BCUT2D eigenvalue weighted by Gasteiger charge is -2.11. The van der Waals surface area contributed by atoms with E-state index in [-0.39, 0.29) is 0 Å². The second-order valence-corrected chi connectivity index (χ2v) is 5.60. The van der Waals surface area contributed by atoms with Gasteiger partial charge in [0, 0.05) is 28.9 Å². The molecule has 0 amide bonds. The molecule has 3 rings (SSSR count). The van der Waals surface area contributed by atoms with Gasteiger partial charge in [-0.3, -0.25) is 4.98 Å². The van der Waals surface area contributed by atoms with Gasteiger partial charge in [-0.2, -0.15) is 10.2 Å². The van der Waals surface area contributed by atoms with Crippen LogP contribution in [-0.4, -0.2) is 15.0 Å². The van der Waals surface area contributed by atoms with E-state index >= 15 is 0 Å². The summed E-state index contributed by atoms with van der Waals surface area (Å²) in [4.78, 5) is 12.0. The van der Waals surface area contributed by atoms with E-state index < -0.39 is 0 Å². The number of hydrogen-bond donors (Lipinski definition) is 1. The van der Waals surface area contributed by atoms with Gasteiger partial charge < -0.3 is 9.72 Å². The molecule has 0 spiro atoms. The molecule has 0 saturated carbocycles. The molecular formula is C18H18N4O. The number of pyridine rings is 2. The molecule has 0 aliphatic rings. The molecule has 3 aromatic rings. The highest BCUT2D eigenvalue weighted by Gasteiger charge is 2.16. The topological polar surface area (TPSA) is 74.6 Å². The van der Waals surface area contributed by atoms with Crippen LogP contribution in [0.3, 0.4) is 0 Å². The normalized spacial score (nSPS) is 10.7. The van der Waals surface area contributed by atoms with Crippen LogP contribution in [-0.2, 0) is 6.42 Å². The van der Waals surface area contributed by atoms with Crippen molar-refractivity contribution in [1.82, 2.24) is 15.0 Å². The number of ether oxygens (including phenoxy) is 1. The van der Waals surface area contributed by atoms with E-state index in [1.54, 1.807) is 12.3 Å². The second kappa shape index (κ2) is 5.73. The van der Waals surface area contributed by atoms with E-state index in [9.17, 15) is 0 Å². The number of aromatic amines is 1. The molecule has 5 heteroatoms. The Morgan fingerprint density at radius 1 is 1.17 bits per heavy atom. The van der Waals surface area contributed by atoms with Crippen molar-refractivity contribution >= 4 is 11.0 Å². The van der Waals surface area contributed by atoms with Crippen LogP contribution in [0.5, 0.6) is 11.6 Å². The molecule has 0 fully saturated rings. The fourth-order valence-electron chi connectivity index (χ4n) is 2.80. The Morgan fingerprint density at radius 3 is 2.65 bits per heavy atom. The van der Waals surface area contributed by atoms with Crippen molar-refractivity contribution in [2.45, 2.75) is 34.1 Å². The minimum Gasteiger partial charge on any atom is -0.437 e. The molecule has 0 aliphatic carbocycles. The van der Waals surface area contributed by atoms with Gasteiger partial charge in [0.15, 0.2) is 0 Å². The van der Waals surface area contributed by atoms with Crippen LogP contribution in [0.15, 0.2) is 18.5 Å². The molecule has 5 nitrogen and oxygen atoms in total. The number of nitrogens with zero attached hydrogens (tertiary/aromatic N) is 3. The molecule has 1 N–H and O–H groups in total. The molecule has 3 aromatic heterocycles. The summed E-state index contributed by atoms with van der Waals surface area (Å²) >= 11 is 0. The third-order valence-electron chi connectivity index (χ3n) is 4.22. The Bertz CT molecular complexity index is 934. The Balaban J connectivity index is 2.11. The highest BCUT2D eigenvalue weighted by atomic mass is 16.5. The summed E-state index contributed by atoms with van der Waals surface area (Å²) in [5, 5.41) is 10.1. The van der Waals surface area contributed by atoms with Crippen molar-refractivity contribution in [2.24, 2.45) is 0 Å². The summed E-state index contributed by atoms with van der Waals surface area (Å²) in [6, 6.07) is 3.72. The van der Waals surface area contributed by atoms with E-state index in [4.69, 9.17) is 10.00 Å². The van der Waals surface area contributed by atoms with Gasteiger partial charge in [-0.25, -0.2) is 0 Å². The molecule has 116 valence electrons. The monoisotopic (exact) mass is 306 g/mol. The summed E-state index contributed by atoms with van der Waals surface area (Å²) in [7, 11) is 0. The molecule has 0 bridgehead atoms. The first-order chi connectivity index (χ1) is 11.0. The molecule has 0 radical (unpaired) electrons. The smallest absolute Gasteiger partial charge is 0.224 e. The van der Waals surface area contributed by atoms with Crippen molar-refractivity contribution < 1.29 is 4.74 Å². The maximum Gasteiger partial charge on any atom is 0.224 e. The molecular weight excluding hydrogens is 288 g/mol. The zero-order valence-electron chi connectivity index (χ0n) is 13.7. The number of fused-ring (bicyclic) bond motifs is 1. The van der Waals surface area contributed by atoms with E-state index in [0.717, 1.165) is 28.6 Å². The minimum absolute atomic E-state index is 0.460. The summed E-state index contributed by atoms with van der Waals surface area (Å²) in [6.45, 7) is 8.32. The predicted octanol–water partition coefficient (Wildman–Crippen LogP) is 4.11. The van der Waals surface area contributed by atoms with Gasteiger partial charge in [0.1, 0.15) is 17.5 Å². The van der Waals surface area contributed by atoms with Crippen molar-refractivity contribution in [3.63, 3.8) is 0 Å². The van der Waals surface area contributed by atoms with Crippen LogP contribution in [0, 0.1) is 32.1 Å². The number of H-pyrrole nitrogens is 1. The highest BCUT2D eigenvalue weighted by molar-refractivity contribution is 5.86. The Morgan fingerprint density at radius 2 is 1.96 bits per heavy atom. The SMILES string of the molecule is CCc1[nH]c2nc(Oc3cncc(C#N)c3)c(C)c(C)c2c1C. The van der Waals surface area contributed by atoms with Gasteiger partial charge in [0.25, 0.3) is 0 Å². The van der Waals surface area contributed by atoms with Crippen molar-refractivity contribution in [3.8, 4) is 17.7 Å². The third kappa shape index (κ3) is 2.53. The quantitative estimate of drug-likeness (QED) is 0.790. The maximum atomic E-state index is 8.96. The van der Waals surface area contributed by atoms with Crippen LogP contribution in [0.25, 0.3) is 11.0 Å². The van der Waals surface area contributed by atoms with Gasteiger partial charge in [-0.05, 0) is 38.3 Å². The molecule has 23 heavy (non-hydrogen) atoms. The number of hydrogen-bond acceptors (Lipinski definition) is 4. The first-order valence-corrected chi connectivity index (χ1v) is 7.56. The van der Waals surface area contributed by atoms with E-state index in [1.807, 2.05) is 6.92 Å². The zero-order chi connectivity index (χ0) is 16.6. The average molecular weight is 306 g/mol. The molecule has 0 aliphatic heterocycles. The van der Waals surface area contributed by atoms with Crippen molar-refractivity contribution in [2.75, 3.05) is 0 Å². The first-order valence-electron chi connectivity index (χ1n) is 7.56. The molecule has 0 atom stereocenters. The fraction of sp³-hybridized carbons (Fsp3) is 0.278. The molecule has 3 heterocycles. The molecule has 0 aromatic carbocycles. The highest BCUT2D eigenvalue weighted by Crippen LogP contribution is 2.32. The largest absolute Gasteiger partial charge is 0.437 e. The number of nitrogens with one attached hydrogen (secondary N) is 1. The van der Waals surface area contributed by atoms with Gasteiger partial charge in [0.2, 0.25) is 5.88 Å². The third-order valence-corrected chi connectivity index (χ3v) is 4.22. The molecule has 0 saturated heterocycles. The summed E-state index contributed by atoms with van der Waals surface area (Å²) in [6.07, 6.45) is 4.02. The van der Waals surface area contributed by atoms with Crippen molar-refractivity contribution in [3.05, 3.63) is 46.4 Å².